The standard InChI is InChI=1S/C16H19N5OS/c1-20(2)14(15-5-4-8-23-15)10-17-16(22)11-6-7-12-13(9-11)21(3)19-18-12/h4-9,14H,10H2,1-3H3,(H,17,22). The number of aryl methyl sites for hydroxylation is 1. The Morgan fingerprint density at radius 3 is 2.91 bits per heavy atom. The van der Waals surface area contributed by atoms with Gasteiger partial charge in [-0.1, -0.05) is 11.3 Å². The molecule has 7 heteroatoms. The van der Waals surface area contributed by atoms with Crippen LogP contribution in [0.4, 0.5) is 0 Å². The van der Waals surface area contributed by atoms with Crippen molar-refractivity contribution in [1.29, 1.82) is 0 Å². The molecule has 23 heavy (non-hydrogen) atoms. The topological polar surface area (TPSA) is 63.1 Å². The van der Waals surface area contributed by atoms with Crippen molar-refractivity contribution in [2.24, 2.45) is 7.05 Å². The van der Waals surface area contributed by atoms with Crippen molar-refractivity contribution in [2.75, 3.05) is 20.6 Å². The number of nitrogens with one attached hydrogen (secondary N) is 1. The predicted octanol–water partition coefficient (Wildman–Crippen LogP) is 2.06. The van der Waals surface area contributed by atoms with E-state index in [1.165, 1.54) is 4.88 Å². The minimum absolute atomic E-state index is 0.0866. The third kappa shape index (κ3) is 3.25. The summed E-state index contributed by atoms with van der Waals surface area (Å²) in [6.45, 7) is 0.564. The second-order valence-corrected chi connectivity index (χ2v) is 6.60. The van der Waals surface area contributed by atoms with Gasteiger partial charge in [0.2, 0.25) is 0 Å². The van der Waals surface area contributed by atoms with Gasteiger partial charge in [-0.3, -0.25) is 4.79 Å². The number of thiophene rings is 1. The summed E-state index contributed by atoms with van der Waals surface area (Å²) in [6.07, 6.45) is 0. The Balaban J connectivity index is 1.73. The summed E-state index contributed by atoms with van der Waals surface area (Å²) in [5.74, 6) is -0.0866. The number of hydrogen-bond donors (Lipinski definition) is 1. The number of likely N-dealkylation sites (N-methyl/N-ethyl adjacent to an activating group) is 1. The molecule has 0 saturated carbocycles. The van der Waals surface area contributed by atoms with E-state index in [1.54, 1.807) is 22.1 Å². The molecule has 0 aliphatic rings. The van der Waals surface area contributed by atoms with Crippen LogP contribution in [0.3, 0.4) is 0 Å². The van der Waals surface area contributed by atoms with Gasteiger partial charge in [0.1, 0.15) is 5.52 Å². The van der Waals surface area contributed by atoms with Crippen molar-refractivity contribution in [3.8, 4) is 0 Å². The highest BCUT2D eigenvalue weighted by Gasteiger charge is 2.17. The fraction of sp³-hybridized carbons (Fsp3) is 0.312. The average Bonchev–Trinajstić information content (AvgIpc) is 3.17. The van der Waals surface area contributed by atoms with Crippen LogP contribution in [0, 0.1) is 0 Å². The molecule has 6 nitrogen and oxygen atoms in total. The predicted molar refractivity (Wildman–Crippen MR) is 91.6 cm³/mol. The lowest BCUT2D eigenvalue weighted by Crippen LogP contribution is -2.34. The molecule has 2 aromatic heterocycles. The van der Waals surface area contributed by atoms with Gasteiger partial charge >= 0.3 is 0 Å². The Morgan fingerprint density at radius 1 is 1.39 bits per heavy atom. The summed E-state index contributed by atoms with van der Waals surface area (Å²) >= 11 is 1.70. The van der Waals surface area contributed by atoms with Crippen molar-refractivity contribution < 1.29 is 4.79 Å². The largest absolute Gasteiger partial charge is 0.350 e. The van der Waals surface area contributed by atoms with Crippen LogP contribution in [-0.2, 0) is 7.05 Å². The van der Waals surface area contributed by atoms with Crippen LogP contribution >= 0.6 is 11.3 Å². The molecule has 1 N–H and O–H groups in total. The van der Waals surface area contributed by atoms with E-state index in [9.17, 15) is 4.79 Å². The zero-order chi connectivity index (χ0) is 16.4. The molecule has 1 unspecified atom stereocenters. The number of carbonyl (C=O) groups is 1. The van der Waals surface area contributed by atoms with E-state index >= 15 is 0 Å². The maximum atomic E-state index is 12.4. The van der Waals surface area contributed by atoms with Crippen molar-refractivity contribution in [3.63, 3.8) is 0 Å². The molecular formula is C16H19N5OS. The van der Waals surface area contributed by atoms with Gasteiger partial charge < -0.3 is 10.2 Å². The molecule has 1 amide bonds. The molecule has 2 heterocycles. The summed E-state index contributed by atoms with van der Waals surface area (Å²) in [7, 11) is 5.85. The molecule has 1 atom stereocenters. The van der Waals surface area contributed by atoms with Crippen molar-refractivity contribution in [3.05, 3.63) is 46.2 Å². The first-order valence-corrected chi connectivity index (χ1v) is 8.21. The van der Waals surface area contributed by atoms with Crippen LogP contribution in [0.1, 0.15) is 21.3 Å². The average molecular weight is 329 g/mol. The molecule has 0 saturated heterocycles. The summed E-state index contributed by atoms with van der Waals surface area (Å²) in [4.78, 5) is 15.8. The fourth-order valence-electron chi connectivity index (χ4n) is 2.48. The summed E-state index contributed by atoms with van der Waals surface area (Å²) in [6, 6.07) is 9.71. The summed E-state index contributed by atoms with van der Waals surface area (Å²) in [5, 5.41) is 13.1. The van der Waals surface area contributed by atoms with Gasteiger partial charge in [0.25, 0.3) is 5.91 Å². The molecule has 0 fully saturated rings. The number of amides is 1. The Bertz CT molecular complexity index is 809. The van der Waals surface area contributed by atoms with E-state index < -0.39 is 0 Å². The van der Waals surface area contributed by atoms with E-state index in [-0.39, 0.29) is 11.9 Å². The Hall–Kier alpha value is -2.25. The van der Waals surface area contributed by atoms with Gasteiger partial charge in [-0.15, -0.1) is 16.4 Å². The first kappa shape index (κ1) is 15.6. The minimum atomic E-state index is -0.0866. The number of fused-ring (bicyclic) bond motifs is 1. The molecule has 120 valence electrons. The SMILES string of the molecule is CN(C)C(CNC(=O)c1ccc2nnn(C)c2c1)c1cccs1. The molecule has 0 bridgehead atoms. The van der Waals surface area contributed by atoms with Crippen molar-refractivity contribution in [1.82, 2.24) is 25.2 Å². The molecule has 3 aromatic rings. The lowest BCUT2D eigenvalue weighted by Gasteiger charge is -2.23. The van der Waals surface area contributed by atoms with Crippen LogP contribution < -0.4 is 5.32 Å². The fourth-order valence-corrected chi connectivity index (χ4v) is 3.40. The third-order valence-electron chi connectivity index (χ3n) is 3.82. The number of carbonyl (C=O) groups excluding carboxylic acids is 1. The Morgan fingerprint density at radius 2 is 2.22 bits per heavy atom. The second-order valence-electron chi connectivity index (χ2n) is 5.62. The molecule has 0 aliphatic carbocycles. The zero-order valence-corrected chi connectivity index (χ0v) is 14.2. The number of nitrogens with zero attached hydrogens (tertiary/aromatic N) is 4. The molecule has 3 rings (SSSR count). The normalized spacial score (nSPS) is 12.7. The van der Waals surface area contributed by atoms with E-state index in [0.717, 1.165) is 11.0 Å². The number of aromatic nitrogens is 3. The highest BCUT2D eigenvalue weighted by atomic mass is 32.1. The lowest BCUT2D eigenvalue weighted by atomic mass is 10.1. The number of hydrogen-bond acceptors (Lipinski definition) is 5. The highest BCUT2D eigenvalue weighted by molar-refractivity contribution is 7.10. The van der Waals surface area contributed by atoms with Gasteiger partial charge in [0.05, 0.1) is 11.6 Å². The first-order chi connectivity index (χ1) is 11.1. The maximum absolute atomic E-state index is 12.4. The highest BCUT2D eigenvalue weighted by Crippen LogP contribution is 2.22. The van der Waals surface area contributed by atoms with E-state index in [4.69, 9.17) is 0 Å². The Labute approximate surface area is 138 Å². The molecule has 0 aliphatic heterocycles. The van der Waals surface area contributed by atoms with Crippen LogP contribution in [0.15, 0.2) is 35.7 Å². The van der Waals surface area contributed by atoms with Crippen LogP contribution in [0.5, 0.6) is 0 Å². The summed E-state index contributed by atoms with van der Waals surface area (Å²) < 4.78 is 1.67. The lowest BCUT2D eigenvalue weighted by molar-refractivity contribution is 0.0942. The van der Waals surface area contributed by atoms with Crippen molar-refractivity contribution >= 4 is 28.3 Å². The van der Waals surface area contributed by atoms with Crippen LogP contribution in [0.2, 0.25) is 0 Å². The van der Waals surface area contributed by atoms with Crippen LogP contribution in [-0.4, -0.2) is 46.4 Å². The third-order valence-corrected chi connectivity index (χ3v) is 4.80. The van der Waals surface area contributed by atoms with Crippen molar-refractivity contribution in [2.45, 2.75) is 6.04 Å². The zero-order valence-electron chi connectivity index (χ0n) is 13.4. The number of benzene rings is 1. The molecule has 0 radical (unpaired) electrons. The molecule has 1 aromatic carbocycles. The first-order valence-electron chi connectivity index (χ1n) is 7.33. The van der Waals surface area contributed by atoms with Gasteiger partial charge in [-0.2, -0.15) is 0 Å². The quantitative estimate of drug-likeness (QED) is 0.778. The smallest absolute Gasteiger partial charge is 0.251 e. The van der Waals surface area contributed by atoms with E-state index in [1.807, 2.05) is 39.3 Å². The van der Waals surface area contributed by atoms with Gasteiger partial charge in [-0.25, -0.2) is 4.68 Å². The van der Waals surface area contributed by atoms with E-state index in [0.29, 0.717) is 12.1 Å². The van der Waals surface area contributed by atoms with E-state index in [2.05, 4.69) is 32.0 Å². The molecule has 0 spiro atoms. The summed E-state index contributed by atoms with van der Waals surface area (Å²) in [5.41, 5.74) is 2.25. The number of rotatable bonds is 5. The minimum Gasteiger partial charge on any atom is -0.350 e. The van der Waals surface area contributed by atoms with Gasteiger partial charge in [-0.05, 0) is 43.7 Å². The van der Waals surface area contributed by atoms with Crippen LogP contribution in [0.25, 0.3) is 11.0 Å². The maximum Gasteiger partial charge on any atom is 0.251 e. The Kier molecular flexibility index (Phi) is 4.40. The monoisotopic (exact) mass is 329 g/mol. The van der Waals surface area contributed by atoms with Gasteiger partial charge in [0, 0.05) is 24.0 Å². The molecular weight excluding hydrogens is 310 g/mol. The second kappa shape index (κ2) is 6.47. The van der Waals surface area contributed by atoms with Gasteiger partial charge in [0.15, 0.2) is 0 Å².